The Hall–Kier alpha value is -3.04. The summed E-state index contributed by atoms with van der Waals surface area (Å²) < 4.78 is 11.0. The summed E-state index contributed by atoms with van der Waals surface area (Å²) in [6, 6.07) is 11.5. The van der Waals surface area contributed by atoms with Crippen LogP contribution in [0.3, 0.4) is 0 Å². The summed E-state index contributed by atoms with van der Waals surface area (Å²) >= 11 is 9.10. The molecule has 10 heteroatoms. The molecule has 0 saturated carbocycles. The van der Waals surface area contributed by atoms with Crippen molar-refractivity contribution < 1.29 is 19.0 Å². The fourth-order valence-corrected chi connectivity index (χ4v) is 2.76. The lowest BCUT2D eigenvalue weighted by Gasteiger charge is -1.98. The number of benzene rings is 2. The summed E-state index contributed by atoms with van der Waals surface area (Å²) in [6.07, 6.45) is 2.52. The monoisotopic (exact) mass is 463 g/mol. The summed E-state index contributed by atoms with van der Waals surface area (Å²) in [5.74, 6) is -0.157. The molecule has 8 nitrogen and oxygen atoms in total. The first-order chi connectivity index (χ1) is 13.4. The third-order valence-electron chi connectivity index (χ3n) is 3.47. The normalized spacial score (nSPS) is 10.9. The fourth-order valence-electron chi connectivity index (χ4n) is 2.18. The quantitative estimate of drug-likeness (QED) is 0.223. The molecule has 0 fully saturated rings. The topological polar surface area (TPSA) is 108 Å². The van der Waals surface area contributed by atoms with Crippen molar-refractivity contribution >= 4 is 45.3 Å². The van der Waals surface area contributed by atoms with Gasteiger partial charge >= 0.3 is 5.97 Å². The van der Waals surface area contributed by atoms with Crippen LogP contribution in [-0.2, 0) is 16.1 Å². The van der Waals surface area contributed by atoms with Crippen LogP contribution in [0.5, 0.6) is 0 Å². The second kappa shape index (κ2) is 8.77. The Morgan fingerprint density at radius 2 is 2.14 bits per heavy atom. The van der Waals surface area contributed by atoms with E-state index in [0.29, 0.717) is 11.4 Å². The van der Waals surface area contributed by atoms with Gasteiger partial charge in [-0.3, -0.25) is 10.1 Å². The second-order valence-corrected chi connectivity index (χ2v) is 6.75. The molecular formula is C18H11BrClN3O5. The van der Waals surface area contributed by atoms with Gasteiger partial charge in [-0.2, -0.15) is 4.98 Å². The van der Waals surface area contributed by atoms with Crippen LogP contribution in [0.4, 0.5) is 5.69 Å². The van der Waals surface area contributed by atoms with Crippen molar-refractivity contribution in [3.05, 3.63) is 79.6 Å². The molecule has 0 N–H and O–H groups in total. The third kappa shape index (κ3) is 5.02. The van der Waals surface area contributed by atoms with Gasteiger partial charge in [0.15, 0.2) is 6.61 Å². The van der Waals surface area contributed by atoms with Gasteiger partial charge < -0.3 is 9.26 Å². The summed E-state index contributed by atoms with van der Waals surface area (Å²) in [5, 5.41) is 14.7. The Kier molecular flexibility index (Phi) is 6.17. The van der Waals surface area contributed by atoms with Gasteiger partial charge in [0.25, 0.3) is 11.6 Å². The third-order valence-corrected chi connectivity index (χ3v) is 4.28. The minimum Gasteiger partial charge on any atom is -0.452 e. The van der Waals surface area contributed by atoms with Crippen LogP contribution < -0.4 is 0 Å². The largest absolute Gasteiger partial charge is 0.452 e. The number of halogens is 2. The van der Waals surface area contributed by atoms with E-state index in [9.17, 15) is 14.9 Å². The first kappa shape index (κ1) is 19.7. The molecule has 2 aromatic carbocycles. The molecular weight excluding hydrogens is 454 g/mol. The van der Waals surface area contributed by atoms with E-state index in [1.165, 1.54) is 18.2 Å². The van der Waals surface area contributed by atoms with Crippen molar-refractivity contribution in [2.24, 2.45) is 0 Å². The number of hydrogen-bond donors (Lipinski definition) is 0. The Labute approximate surface area is 172 Å². The lowest BCUT2D eigenvalue weighted by atomic mass is 10.2. The van der Waals surface area contributed by atoms with Crippen molar-refractivity contribution in [2.75, 3.05) is 0 Å². The van der Waals surface area contributed by atoms with Crippen LogP contribution in [-0.4, -0.2) is 21.0 Å². The highest BCUT2D eigenvalue weighted by atomic mass is 79.9. The number of nitro groups is 1. The maximum atomic E-state index is 11.8. The molecule has 0 saturated heterocycles. The highest BCUT2D eigenvalue weighted by Crippen LogP contribution is 2.25. The predicted molar refractivity (Wildman–Crippen MR) is 104 cm³/mol. The van der Waals surface area contributed by atoms with Gasteiger partial charge in [-0.25, -0.2) is 4.79 Å². The molecule has 3 aromatic rings. The van der Waals surface area contributed by atoms with E-state index < -0.39 is 10.9 Å². The Balaban J connectivity index is 1.60. The van der Waals surface area contributed by atoms with Gasteiger partial charge in [0.05, 0.1) is 4.92 Å². The molecule has 142 valence electrons. The number of carbonyl (C=O) groups excluding carboxylic acids is 1. The van der Waals surface area contributed by atoms with Crippen LogP contribution in [0.15, 0.2) is 57.5 Å². The molecule has 1 heterocycles. The van der Waals surface area contributed by atoms with Crippen LogP contribution in [0.25, 0.3) is 17.5 Å². The van der Waals surface area contributed by atoms with Gasteiger partial charge in [-0.1, -0.05) is 50.9 Å². The highest BCUT2D eigenvalue weighted by Gasteiger charge is 2.13. The molecule has 0 aliphatic heterocycles. The van der Waals surface area contributed by atoms with E-state index in [-0.39, 0.29) is 23.2 Å². The van der Waals surface area contributed by atoms with Gasteiger partial charge in [-0.15, -0.1) is 0 Å². The molecule has 1 aromatic heterocycles. The van der Waals surface area contributed by atoms with E-state index in [0.717, 1.165) is 16.1 Å². The average Bonchev–Trinajstić information content (AvgIpc) is 3.14. The first-order valence-electron chi connectivity index (χ1n) is 7.79. The summed E-state index contributed by atoms with van der Waals surface area (Å²) in [5.41, 5.74) is 0.936. The zero-order valence-corrected chi connectivity index (χ0v) is 16.4. The number of nitrogens with zero attached hydrogens (tertiary/aromatic N) is 3. The fraction of sp³-hybridized carbons (Fsp3) is 0.0556. The second-order valence-electron chi connectivity index (χ2n) is 5.43. The zero-order chi connectivity index (χ0) is 20.1. The van der Waals surface area contributed by atoms with Gasteiger partial charge in [0.1, 0.15) is 5.02 Å². The van der Waals surface area contributed by atoms with Crippen LogP contribution in [0.2, 0.25) is 5.02 Å². The number of hydrogen-bond acceptors (Lipinski definition) is 7. The van der Waals surface area contributed by atoms with Gasteiger partial charge in [-0.05, 0) is 29.8 Å². The molecule has 0 bridgehead atoms. The molecule has 0 amide bonds. The Morgan fingerprint density at radius 3 is 2.89 bits per heavy atom. The molecule has 0 aliphatic carbocycles. The van der Waals surface area contributed by atoms with Crippen molar-refractivity contribution in [1.29, 1.82) is 0 Å². The summed E-state index contributed by atoms with van der Waals surface area (Å²) in [7, 11) is 0. The molecule has 0 unspecified atom stereocenters. The van der Waals surface area contributed by atoms with Gasteiger partial charge in [0, 0.05) is 22.2 Å². The van der Waals surface area contributed by atoms with E-state index in [1.54, 1.807) is 6.07 Å². The van der Waals surface area contributed by atoms with E-state index in [2.05, 4.69) is 26.1 Å². The maximum absolute atomic E-state index is 11.8. The molecule has 28 heavy (non-hydrogen) atoms. The van der Waals surface area contributed by atoms with Crippen molar-refractivity contribution in [2.45, 2.75) is 6.61 Å². The predicted octanol–water partition coefficient (Wildman–Crippen LogP) is 4.82. The number of aromatic nitrogens is 2. The lowest BCUT2D eigenvalue weighted by Crippen LogP contribution is -2.01. The van der Waals surface area contributed by atoms with Gasteiger partial charge in [0.2, 0.25) is 5.82 Å². The zero-order valence-electron chi connectivity index (χ0n) is 14.0. The number of esters is 1. The molecule has 0 atom stereocenters. The molecule has 3 rings (SSSR count). The average molecular weight is 465 g/mol. The SMILES string of the molecule is O=C(/C=C/c1ccc(Cl)c([N+](=O)[O-])c1)OCc1nc(-c2cccc(Br)c2)no1. The van der Waals surface area contributed by atoms with E-state index in [4.69, 9.17) is 20.9 Å². The first-order valence-corrected chi connectivity index (χ1v) is 8.97. The number of rotatable bonds is 6. The smallest absolute Gasteiger partial charge is 0.331 e. The van der Waals surface area contributed by atoms with E-state index in [1.807, 2.05) is 24.3 Å². The van der Waals surface area contributed by atoms with E-state index >= 15 is 0 Å². The minimum atomic E-state index is -0.667. The number of ether oxygens (including phenoxy) is 1. The van der Waals surface area contributed by atoms with Crippen LogP contribution in [0.1, 0.15) is 11.5 Å². The molecule has 0 spiro atoms. The number of nitro benzene ring substituents is 1. The van der Waals surface area contributed by atoms with Crippen LogP contribution in [0, 0.1) is 10.1 Å². The van der Waals surface area contributed by atoms with Crippen molar-refractivity contribution in [3.8, 4) is 11.4 Å². The van der Waals surface area contributed by atoms with Crippen molar-refractivity contribution in [3.63, 3.8) is 0 Å². The Bertz CT molecular complexity index is 1070. The standard InChI is InChI=1S/C18H11BrClN3O5/c19-13-3-1-2-12(9-13)18-21-16(28-22-18)10-27-17(24)7-5-11-4-6-14(20)15(8-11)23(25)26/h1-9H,10H2/b7-5+. The minimum absolute atomic E-state index is 0.0161. The summed E-state index contributed by atoms with van der Waals surface area (Å²) in [6.45, 7) is -0.203. The molecule has 0 aliphatic rings. The molecule has 0 radical (unpaired) electrons. The highest BCUT2D eigenvalue weighted by molar-refractivity contribution is 9.10. The maximum Gasteiger partial charge on any atom is 0.331 e. The summed E-state index contributed by atoms with van der Waals surface area (Å²) in [4.78, 5) is 26.3. The lowest BCUT2D eigenvalue weighted by molar-refractivity contribution is -0.384. The Morgan fingerprint density at radius 1 is 1.32 bits per heavy atom. The van der Waals surface area contributed by atoms with Crippen LogP contribution >= 0.6 is 27.5 Å². The number of carbonyl (C=O) groups is 1. The van der Waals surface area contributed by atoms with Crippen molar-refractivity contribution in [1.82, 2.24) is 10.1 Å².